The number of benzene rings is 1. The van der Waals surface area contributed by atoms with Crippen molar-refractivity contribution in [3.63, 3.8) is 0 Å². The number of halogens is 1. The van der Waals surface area contributed by atoms with Gasteiger partial charge in [0, 0.05) is 49.4 Å². The number of rotatable bonds is 4. The Balaban J connectivity index is 1.43. The second-order valence-electron chi connectivity index (χ2n) is 8.60. The second-order valence-corrected chi connectivity index (χ2v) is 8.98. The maximum atomic E-state index is 13.1. The predicted molar refractivity (Wildman–Crippen MR) is 127 cm³/mol. The van der Waals surface area contributed by atoms with Crippen molar-refractivity contribution in [3.8, 4) is 5.69 Å². The van der Waals surface area contributed by atoms with Crippen molar-refractivity contribution in [2.24, 2.45) is 0 Å². The van der Waals surface area contributed by atoms with Crippen molar-refractivity contribution in [2.45, 2.75) is 40.5 Å². The van der Waals surface area contributed by atoms with E-state index < -0.39 is 0 Å². The van der Waals surface area contributed by atoms with Crippen LogP contribution < -0.4 is 4.90 Å². The zero-order chi connectivity index (χ0) is 23.0. The van der Waals surface area contributed by atoms with Crippen LogP contribution in [0.2, 0.25) is 5.02 Å². The molecule has 0 bridgehead atoms. The Morgan fingerprint density at radius 2 is 1.66 bits per heavy atom. The molecule has 0 aliphatic carbocycles. The minimum Gasteiger partial charge on any atom is -0.353 e. The molecule has 4 rings (SSSR count). The fraction of sp³-hybridized carbons (Fsp3) is 0.417. The van der Waals surface area contributed by atoms with Gasteiger partial charge in [0.1, 0.15) is 11.6 Å². The van der Waals surface area contributed by atoms with E-state index in [9.17, 15) is 4.79 Å². The van der Waals surface area contributed by atoms with Crippen molar-refractivity contribution in [1.29, 1.82) is 0 Å². The van der Waals surface area contributed by atoms with Crippen LogP contribution in [0.5, 0.6) is 0 Å². The summed E-state index contributed by atoms with van der Waals surface area (Å²) in [5.41, 5.74) is 4.22. The maximum absolute atomic E-state index is 13.1. The number of hydrogen-bond acceptors (Lipinski definition) is 5. The summed E-state index contributed by atoms with van der Waals surface area (Å²) in [4.78, 5) is 26.5. The van der Waals surface area contributed by atoms with E-state index in [1.165, 1.54) is 0 Å². The lowest BCUT2D eigenvalue weighted by molar-refractivity contribution is 0.0746. The molecule has 1 saturated heterocycles. The van der Waals surface area contributed by atoms with E-state index in [1.54, 1.807) is 4.68 Å². The molecule has 1 fully saturated rings. The van der Waals surface area contributed by atoms with Crippen LogP contribution in [0.1, 0.15) is 53.0 Å². The highest BCUT2D eigenvalue weighted by molar-refractivity contribution is 6.31. The molecule has 0 unspecified atom stereocenters. The van der Waals surface area contributed by atoms with E-state index in [2.05, 4.69) is 28.8 Å². The van der Waals surface area contributed by atoms with Gasteiger partial charge in [-0.05, 0) is 45.0 Å². The fourth-order valence-electron chi connectivity index (χ4n) is 3.94. The molecule has 3 aromatic rings. The molecule has 0 atom stereocenters. The maximum Gasteiger partial charge on any atom is 0.253 e. The lowest BCUT2D eigenvalue weighted by Crippen LogP contribution is -2.49. The van der Waals surface area contributed by atoms with Crippen LogP contribution in [0.25, 0.3) is 5.69 Å². The third-order valence-corrected chi connectivity index (χ3v) is 6.37. The number of amides is 1. The zero-order valence-electron chi connectivity index (χ0n) is 19.3. The van der Waals surface area contributed by atoms with Crippen molar-refractivity contribution in [3.05, 3.63) is 63.8 Å². The molecule has 0 spiro atoms. The molecule has 8 heteroatoms. The van der Waals surface area contributed by atoms with E-state index in [0.717, 1.165) is 47.5 Å². The first-order valence-electron chi connectivity index (χ1n) is 11.0. The van der Waals surface area contributed by atoms with E-state index in [4.69, 9.17) is 16.6 Å². The minimum atomic E-state index is 0.0457. The van der Waals surface area contributed by atoms with Crippen LogP contribution in [-0.4, -0.2) is 56.7 Å². The van der Waals surface area contributed by atoms with Crippen molar-refractivity contribution >= 4 is 23.3 Å². The summed E-state index contributed by atoms with van der Waals surface area (Å²) in [7, 11) is 0. The molecule has 2 aromatic heterocycles. The summed E-state index contributed by atoms with van der Waals surface area (Å²) in [6, 6.07) is 9.56. The molecule has 0 saturated carbocycles. The number of carbonyl (C=O) groups is 1. The summed E-state index contributed by atoms with van der Waals surface area (Å²) < 4.78 is 1.81. The fourth-order valence-corrected chi connectivity index (χ4v) is 4.05. The van der Waals surface area contributed by atoms with E-state index in [1.807, 2.05) is 56.0 Å². The monoisotopic (exact) mass is 452 g/mol. The van der Waals surface area contributed by atoms with Gasteiger partial charge in [0.25, 0.3) is 5.91 Å². The topological polar surface area (TPSA) is 67.2 Å². The van der Waals surface area contributed by atoms with Gasteiger partial charge in [-0.2, -0.15) is 5.10 Å². The smallest absolute Gasteiger partial charge is 0.253 e. The average molecular weight is 453 g/mol. The summed E-state index contributed by atoms with van der Waals surface area (Å²) >= 11 is 6.26. The van der Waals surface area contributed by atoms with Crippen LogP contribution in [0.15, 0.2) is 30.3 Å². The molecule has 1 amide bonds. The van der Waals surface area contributed by atoms with Gasteiger partial charge in [0.2, 0.25) is 0 Å². The van der Waals surface area contributed by atoms with E-state index in [-0.39, 0.29) is 11.8 Å². The van der Waals surface area contributed by atoms with Crippen LogP contribution in [0.4, 0.5) is 5.82 Å². The lowest BCUT2D eigenvalue weighted by Gasteiger charge is -2.35. The first kappa shape index (κ1) is 22.3. The molecule has 0 radical (unpaired) electrons. The van der Waals surface area contributed by atoms with Gasteiger partial charge in [-0.3, -0.25) is 4.79 Å². The lowest BCUT2D eigenvalue weighted by atomic mass is 10.1. The molecule has 1 aliphatic rings. The first-order chi connectivity index (χ1) is 15.2. The predicted octanol–water partition coefficient (Wildman–Crippen LogP) is 4.33. The van der Waals surface area contributed by atoms with Gasteiger partial charge in [-0.1, -0.05) is 25.4 Å². The Hall–Kier alpha value is -2.93. The highest BCUT2D eigenvalue weighted by atomic mass is 35.5. The first-order valence-corrected chi connectivity index (χ1v) is 11.3. The van der Waals surface area contributed by atoms with Gasteiger partial charge in [0.15, 0.2) is 0 Å². The highest BCUT2D eigenvalue weighted by Crippen LogP contribution is 2.23. The molecule has 168 valence electrons. The third kappa shape index (κ3) is 4.35. The van der Waals surface area contributed by atoms with Gasteiger partial charge < -0.3 is 9.80 Å². The Kier molecular flexibility index (Phi) is 6.20. The molecule has 32 heavy (non-hydrogen) atoms. The normalized spacial score (nSPS) is 14.3. The highest BCUT2D eigenvalue weighted by Gasteiger charge is 2.24. The van der Waals surface area contributed by atoms with Crippen LogP contribution in [0.3, 0.4) is 0 Å². The Labute approximate surface area is 194 Å². The molecule has 7 nitrogen and oxygen atoms in total. The molecule has 1 aromatic carbocycles. The largest absolute Gasteiger partial charge is 0.353 e. The third-order valence-electron chi connectivity index (χ3n) is 5.83. The second kappa shape index (κ2) is 8.90. The Morgan fingerprint density at radius 3 is 2.22 bits per heavy atom. The molecular formula is C24H29ClN6O. The Bertz CT molecular complexity index is 1130. The van der Waals surface area contributed by atoms with Gasteiger partial charge in [0.05, 0.1) is 22.1 Å². The number of piperazine rings is 1. The van der Waals surface area contributed by atoms with Crippen molar-refractivity contribution in [2.75, 3.05) is 31.1 Å². The summed E-state index contributed by atoms with van der Waals surface area (Å²) in [5, 5.41) is 5.15. The quantitative estimate of drug-likeness (QED) is 0.589. The van der Waals surface area contributed by atoms with Gasteiger partial charge in [-0.25, -0.2) is 14.6 Å². The standard InChI is InChI=1S/C24H29ClN6O/c1-15(2)23-26-16(3)14-21(27-23)29-10-12-30(13-11-29)24(32)19-6-8-20(9-7-19)31-18(5)22(25)17(4)28-31/h6-9,14-15H,10-13H2,1-5H3. The van der Waals surface area contributed by atoms with Gasteiger partial charge in [-0.15, -0.1) is 0 Å². The number of carbonyl (C=O) groups excluding carboxylic acids is 1. The van der Waals surface area contributed by atoms with Crippen LogP contribution in [0, 0.1) is 20.8 Å². The van der Waals surface area contributed by atoms with Crippen LogP contribution in [-0.2, 0) is 0 Å². The van der Waals surface area contributed by atoms with Gasteiger partial charge >= 0.3 is 0 Å². The molecule has 3 heterocycles. The SMILES string of the molecule is Cc1cc(N2CCN(C(=O)c3ccc(-n4nc(C)c(Cl)c4C)cc3)CC2)nc(C(C)C)n1. The minimum absolute atomic E-state index is 0.0457. The molecule has 0 N–H and O–H groups in total. The Morgan fingerprint density at radius 1 is 1.00 bits per heavy atom. The summed E-state index contributed by atoms with van der Waals surface area (Å²) in [6.45, 7) is 12.8. The molecule has 1 aliphatic heterocycles. The average Bonchev–Trinajstić information content (AvgIpc) is 3.05. The summed E-state index contributed by atoms with van der Waals surface area (Å²) in [5.74, 6) is 2.14. The summed E-state index contributed by atoms with van der Waals surface area (Å²) in [6.07, 6.45) is 0. The van der Waals surface area contributed by atoms with E-state index >= 15 is 0 Å². The van der Waals surface area contributed by atoms with Crippen LogP contribution >= 0.6 is 11.6 Å². The zero-order valence-corrected chi connectivity index (χ0v) is 20.0. The number of aryl methyl sites for hydroxylation is 2. The van der Waals surface area contributed by atoms with Crippen molar-refractivity contribution < 1.29 is 4.79 Å². The number of hydrogen-bond donors (Lipinski definition) is 0. The van der Waals surface area contributed by atoms with E-state index in [0.29, 0.717) is 23.7 Å². The van der Waals surface area contributed by atoms with Crippen molar-refractivity contribution in [1.82, 2.24) is 24.6 Å². The molecular weight excluding hydrogens is 424 g/mol. The number of aromatic nitrogens is 4. The number of nitrogens with zero attached hydrogens (tertiary/aromatic N) is 6. The number of anilines is 1.